The summed E-state index contributed by atoms with van der Waals surface area (Å²) >= 11 is 5.98. The molecular weight excluding hydrogens is 250 g/mol. The highest BCUT2D eigenvalue weighted by molar-refractivity contribution is 6.30. The molecule has 0 aliphatic rings. The molecule has 0 heterocycles. The molecule has 1 aromatic rings. The third kappa shape index (κ3) is 4.55. The van der Waals surface area contributed by atoms with Crippen LogP contribution in [0.2, 0.25) is 5.02 Å². The van der Waals surface area contributed by atoms with Gasteiger partial charge in [0.1, 0.15) is 0 Å². The van der Waals surface area contributed by atoms with Gasteiger partial charge >= 0.3 is 0 Å². The van der Waals surface area contributed by atoms with Gasteiger partial charge in [-0.1, -0.05) is 17.7 Å². The first-order valence-corrected chi connectivity index (χ1v) is 6.31. The molecule has 100 valence electrons. The van der Waals surface area contributed by atoms with Gasteiger partial charge < -0.3 is 15.5 Å². The number of anilines is 1. The van der Waals surface area contributed by atoms with E-state index in [0.717, 1.165) is 17.3 Å². The molecule has 0 fully saturated rings. The van der Waals surface area contributed by atoms with Gasteiger partial charge in [0, 0.05) is 30.8 Å². The summed E-state index contributed by atoms with van der Waals surface area (Å²) in [5.74, 6) is 0.00807. The Bertz CT molecular complexity index is 409. The van der Waals surface area contributed by atoms with Gasteiger partial charge in [0.05, 0.1) is 6.54 Å². The van der Waals surface area contributed by atoms with Gasteiger partial charge in [-0.3, -0.25) is 4.79 Å². The van der Waals surface area contributed by atoms with Crippen LogP contribution in [0.5, 0.6) is 0 Å². The van der Waals surface area contributed by atoms with E-state index in [1.54, 1.807) is 7.05 Å². The Hall–Kier alpha value is -1.26. The Morgan fingerprint density at radius 3 is 2.83 bits per heavy atom. The Morgan fingerprint density at radius 1 is 1.44 bits per heavy atom. The van der Waals surface area contributed by atoms with Gasteiger partial charge in [-0.25, -0.2) is 0 Å². The fraction of sp³-hybridized carbons (Fsp3) is 0.462. The first-order valence-electron chi connectivity index (χ1n) is 5.93. The van der Waals surface area contributed by atoms with E-state index in [1.807, 2.05) is 32.2 Å². The molecule has 0 aliphatic heterocycles. The molecular formula is C13H20ClN3O. The molecule has 5 heteroatoms. The van der Waals surface area contributed by atoms with E-state index in [2.05, 4.69) is 15.5 Å². The standard InChI is InChI=1S/C13H20ClN3O/c1-10-4-5-11(14)8-12(10)17(3)7-6-16-13(18)9-15-2/h4-5,8,15H,6-7,9H2,1-3H3,(H,16,18). The van der Waals surface area contributed by atoms with Crippen molar-refractivity contribution in [3.8, 4) is 0 Å². The number of hydrogen-bond donors (Lipinski definition) is 2. The molecule has 18 heavy (non-hydrogen) atoms. The van der Waals surface area contributed by atoms with Gasteiger partial charge in [0.25, 0.3) is 0 Å². The zero-order valence-electron chi connectivity index (χ0n) is 11.1. The molecule has 1 aromatic carbocycles. The Morgan fingerprint density at radius 2 is 2.17 bits per heavy atom. The second-order valence-electron chi connectivity index (χ2n) is 4.23. The summed E-state index contributed by atoms with van der Waals surface area (Å²) < 4.78 is 0. The van der Waals surface area contributed by atoms with Crippen LogP contribution in [-0.4, -0.2) is 39.6 Å². The monoisotopic (exact) mass is 269 g/mol. The SMILES string of the molecule is CNCC(=O)NCCN(C)c1cc(Cl)ccc1C. The van der Waals surface area contributed by atoms with E-state index >= 15 is 0 Å². The second kappa shape index (κ2) is 7.24. The van der Waals surface area contributed by atoms with Crippen LogP contribution < -0.4 is 15.5 Å². The largest absolute Gasteiger partial charge is 0.373 e. The van der Waals surface area contributed by atoms with Gasteiger partial charge in [-0.2, -0.15) is 0 Å². The van der Waals surface area contributed by atoms with Gasteiger partial charge in [0.2, 0.25) is 5.91 Å². The van der Waals surface area contributed by atoms with E-state index < -0.39 is 0 Å². The van der Waals surface area contributed by atoms with E-state index in [9.17, 15) is 4.79 Å². The highest BCUT2D eigenvalue weighted by Crippen LogP contribution is 2.22. The van der Waals surface area contributed by atoms with Gasteiger partial charge in [-0.05, 0) is 31.7 Å². The summed E-state index contributed by atoms with van der Waals surface area (Å²) in [6.45, 7) is 3.75. The van der Waals surface area contributed by atoms with Crippen molar-refractivity contribution in [3.05, 3.63) is 28.8 Å². The molecule has 0 saturated carbocycles. The van der Waals surface area contributed by atoms with Crippen LogP contribution in [0, 0.1) is 6.92 Å². The lowest BCUT2D eigenvalue weighted by Crippen LogP contribution is -2.37. The van der Waals surface area contributed by atoms with Crippen LogP contribution in [0.1, 0.15) is 5.56 Å². The molecule has 0 unspecified atom stereocenters. The van der Waals surface area contributed by atoms with Crippen molar-refractivity contribution in [2.75, 3.05) is 38.6 Å². The van der Waals surface area contributed by atoms with Crippen molar-refractivity contribution < 1.29 is 4.79 Å². The first-order chi connectivity index (χ1) is 8.54. The van der Waals surface area contributed by atoms with Crippen molar-refractivity contribution in [1.29, 1.82) is 0 Å². The highest BCUT2D eigenvalue weighted by atomic mass is 35.5. The van der Waals surface area contributed by atoms with E-state index in [0.29, 0.717) is 13.1 Å². The van der Waals surface area contributed by atoms with Crippen molar-refractivity contribution in [2.45, 2.75) is 6.92 Å². The molecule has 0 spiro atoms. The maximum absolute atomic E-state index is 11.3. The normalized spacial score (nSPS) is 10.2. The number of carbonyl (C=O) groups is 1. The van der Waals surface area contributed by atoms with Crippen LogP contribution in [0.25, 0.3) is 0 Å². The van der Waals surface area contributed by atoms with E-state index in [-0.39, 0.29) is 5.91 Å². The summed E-state index contributed by atoms with van der Waals surface area (Å²) in [6.07, 6.45) is 0. The lowest BCUT2D eigenvalue weighted by molar-refractivity contribution is -0.120. The highest BCUT2D eigenvalue weighted by Gasteiger charge is 2.06. The van der Waals surface area contributed by atoms with Crippen molar-refractivity contribution in [1.82, 2.24) is 10.6 Å². The molecule has 2 N–H and O–H groups in total. The summed E-state index contributed by atoms with van der Waals surface area (Å²) in [5, 5.41) is 6.38. The Balaban J connectivity index is 2.47. The average Bonchev–Trinajstić information content (AvgIpc) is 2.32. The summed E-state index contributed by atoms with van der Waals surface area (Å²) in [7, 11) is 3.74. The maximum atomic E-state index is 11.3. The third-order valence-corrected chi connectivity index (χ3v) is 2.92. The minimum absolute atomic E-state index is 0.00807. The molecule has 1 amide bonds. The molecule has 4 nitrogen and oxygen atoms in total. The molecule has 0 atom stereocenters. The zero-order chi connectivity index (χ0) is 13.5. The number of aryl methyl sites for hydroxylation is 1. The number of amides is 1. The minimum Gasteiger partial charge on any atom is -0.373 e. The summed E-state index contributed by atoms with van der Waals surface area (Å²) in [4.78, 5) is 13.4. The average molecular weight is 270 g/mol. The fourth-order valence-electron chi connectivity index (χ4n) is 1.70. The smallest absolute Gasteiger partial charge is 0.234 e. The van der Waals surface area contributed by atoms with Crippen LogP contribution in [0.15, 0.2) is 18.2 Å². The lowest BCUT2D eigenvalue weighted by Gasteiger charge is -2.21. The number of likely N-dealkylation sites (N-methyl/N-ethyl adjacent to an activating group) is 2. The number of nitrogens with one attached hydrogen (secondary N) is 2. The Kier molecular flexibility index (Phi) is 5.95. The molecule has 0 saturated heterocycles. The number of carbonyl (C=O) groups excluding carboxylic acids is 1. The maximum Gasteiger partial charge on any atom is 0.234 e. The number of halogens is 1. The topological polar surface area (TPSA) is 44.4 Å². The van der Waals surface area contributed by atoms with Crippen molar-refractivity contribution in [2.24, 2.45) is 0 Å². The number of nitrogens with zero attached hydrogens (tertiary/aromatic N) is 1. The predicted octanol–water partition coefficient (Wildman–Crippen LogP) is 1.42. The molecule has 0 aromatic heterocycles. The minimum atomic E-state index is 0.00807. The van der Waals surface area contributed by atoms with Crippen molar-refractivity contribution >= 4 is 23.2 Å². The first kappa shape index (κ1) is 14.8. The fourth-order valence-corrected chi connectivity index (χ4v) is 1.87. The number of rotatable bonds is 6. The quantitative estimate of drug-likeness (QED) is 0.821. The van der Waals surface area contributed by atoms with Gasteiger partial charge in [-0.15, -0.1) is 0 Å². The van der Waals surface area contributed by atoms with Crippen LogP contribution >= 0.6 is 11.6 Å². The molecule has 0 aliphatic carbocycles. The van der Waals surface area contributed by atoms with E-state index in [1.165, 1.54) is 5.56 Å². The predicted molar refractivity (Wildman–Crippen MR) is 76.4 cm³/mol. The molecule has 0 bridgehead atoms. The van der Waals surface area contributed by atoms with Crippen LogP contribution in [0.3, 0.4) is 0 Å². The number of benzene rings is 1. The van der Waals surface area contributed by atoms with Crippen molar-refractivity contribution in [3.63, 3.8) is 0 Å². The molecule has 0 radical (unpaired) electrons. The van der Waals surface area contributed by atoms with Gasteiger partial charge in [0.15, 0.2) is 0 Å². The second-order valence-corrected chi connectivity index (χ2v) is 4.67. The summed E-state index contributed by atoms with van der Waals surface area (Å²) in [5.41, 5.74) is 2.26. The van der Waals surface area contributed by atoms with Crippen LogP contribution in [-0.2, 0) is 4.79 Å². The number of hydrogen-bond acceptors (Lipinski definition) is 3. The molecule has 1 rings (SSSR count). The van der Waals surface area contributed by atoms with E-state index in [4.69, 9.17) is 11.6 Å². The zero-order valence-corrected chi connectivity index (χ0v) is 11.8. The Labute approximate surface area is 113 Å². The third-order valence-electron chi connectivity index (χ3n) is 2.69. The lowest BCUT2D eigenvalue weighted by atomic mass is 10.2. The summed E-state index contributed by atoms with van der Waals surface area (Å²) in [6, 6.07) is 5.81. The van der Waals surface area contributed by atoms with Crippen LogP contribution in [0.4, 0.5) is 5.69 Å².